The molecule has 6 heteroatoms. The van der Waals surface area contributed by atoms with Crippen LogP contribution >= 0.6 is 23.1 Å². The average Bonchev–Trinajstić information content (AvgIpc) is 2.98. The number of thiazole rings is 1. The van der Waals surface area contributed by atoms with Gasteiger partial charge in [-0.05, 0) is 48.9 Å². The summed E-state index contributed by atoms with van der Waals surface area (Å²) in [5.41, 5.74) is 2.19. The molecule has 1 amide bonds. The van der Waals surface area contributed by atoms with E-state index in [4.69, 9.17) is 11.2 Å². The average molecular weight is 397 g/mol. The van der Waals surface area contributed by atoms with Gasteiger partial charge < -0.3 is 9.30 Å². The number of terminal acetylenes is 1. The largest absolute Gasteiger partial charge is 0.497 e. The molecule has 0 spiro atoms. The molecule has 3 aromatic rings. The Morgan fingerprint density at radius 1 is 1.30 bits per heavy atom. The van der Waals surface area contributed by atoms with Crippen molar-refractivity contribution in [2.24, 2.45) is 4.99 Å². The Balaban J connectivity index is 1.72. The van der Waals surface area contributed by atoms with Crippen molar-refractivity contribution in [2.45, 2.75) is 24.8 Å². The van der Waals surface area contributed by atoms with E-state index in [1.807, 2.05) is 47.9 Å². The van der Waals surface area contributed by atoms with Gasteiger partial charge in [0.1, 0.15) is 5.75 Å². The van der Waals surface area contributed by atoms with Gasteiger partial charge in [-0.3, -0.25) is 4.79 Å². The lowest BCUT2D eigenvalue weighted by Crippen LogP contribution is -2.16. The van der Waals surface area contributed by atoms with E-state index >= 15 is 0 Å². The molecular formula is C21H20N2O2S2. The van der Waals surface area contributed by atoms with Crippen LogP contribution in [0, 0.1) is 19.3 Å². The summed E-state index contributed by atoms with van der Waals surface area (Å²) < 4.78 is 8.16. The second-order valence-corrected chi connectivity index (χ2v) is 8.10. The van der Waals surface area contributed by atoms with Crippen molar-refractivity contribution in [1.29, 1.82) is 0 Å². The summed E-state index contributed by atoms with van der Waals surface area (Å²) in [4.78, 5) is 18.4. The molecule has 0 N–H and O–H groups in total. The minimum absolute atomic E-state index is 0.134. The highest BCUT2D eigenvalue weighted by molar-refractivity contribution is 7.99. The molecule has 0 atom stereocenters. The van der Waals surface area contributed by atoms with Gasteiger partial charge in [-0.25, -0.2) is 0 Å². The smallest absolute Gasteiger partial charge is 0.249 e. The van der Waals surface area contributed by atoms with E-state index in [-0.39, 0.29) is 5.91 Å². The van der Waals surface area contributed by atoms with Crippen LogP contribution in [0.15, 0.2) is 52.4 Å². The van der Waals surface area contributed by atoms with E-state index in [1.54, 1.807) is 18.9 Å². The zero-order chi connectivity index (χ0) is 19.2. The van der Waals surface area contributed by atoms with E-state index in [0.29, 0.717) is 23.5 Å². The molecule has 0 unspecified atom stereocenters. The number of nitrogens with zero attached hydrogens (tertiary/aromatic N) is 2. The van der Waals surface area contributed by atoms with Gasteiger partial charge in [0.15, 0.2) is 4.80 Å². The molecule has 138 valence electrons. The molecule has 1 heterocycles. The summed E-state index contributed by atoms with van der Waals surface area (Å²) in [6.07, 6.45) is 5.88. The maximum absolute atomic E-state index is 12.3. The summed E-state index contributed by atoms with van der Waals surface area (Å²) in [7, 11) is 1.64. The van der Waals surface area contributed by atoms with Crippen LogP contribution in [0.25, 0.3) is 10.2 Å². The molecule has 1 aromatic heterocycles. The summed E-state index contributed by atoms with van der Waals surface area (Å²) in [5.74, 6) is 4.01. The molecule has 27 heavy (non-hydrogen) atoms. The van der Waals surface area contributed by atoms with Crippen molar-refractivity contribution in [3.63, 3.8) is 0 Å². The fraction of sp³-hybridized carbons (Fsp3) is 0.238. The number of fused-ring (bicyclic) bond motifs is 1. The van der Waals surface area contributed by atoms with Crippen LogP contribution in [-0.4, -0.2) is 23.3 Å². The Bertz CT molecular complexity index is 1060. The van der Waals surface area contributed by atoms with Crippen LogP contribution in [0.3, 0.4) is 0 Å². The van der Waals surface area contributed by atoms with Crippen molar-refractivity contribution in [3.8, 4) is 18.1 Å². The first kappa shape index (κ1) is 19.3. The quantitative estimate of drug-likeness (QED) is 0.462. The van der Waals surface area contributed by atoms with E-state index in [2.05, 4.69) is 17.0 Å². The molecule has 0 fully saturated rings. The maximum atomic E-state index is 12.3. The number of amides is 1. The molecule has 0 aliphatic carbocycles. The summed E-state index contributed by atoms with van der Waals surface area (Å²) in [6, 6.07) is 14.0. The van der Waals surface area contributed by atoms with Crippen molar-refractivity contribution in [1.82, 2.24) is 4.57 Å². The van der Waals surface area contributed by atoms with Gasteiger partial charge >= 0.3 is 0 Å². The van der Waals surface area contributed by atoms with E-state index in [0.717, 1.165) is 20.9 Å². The number of rotatable bonds is 6. The van der Waals surface area contributed by atoms with E-state index in [1.165, 1.54) is 16.9 Å². The fourth-order valence-electron chi connectivity index (χ4n) is 2.60. The zero-order valence-electron chi connectivity index (χ0n) is 15.3. The van der Waals surface area contributed by atoms with E-state index < -0.39 is 0 Å². The van der Waals surface area contributed by atoms with Crippen LogP contribution in [0.2, 0.25) is 0 Å². The number of aromatic nitrogens is 1. The number of thioether (sulfide) groups is 1. The number of hydrogen-bond acceptors (Lipinski definition) is 4. The van der Waals surface area contributed by atoms with Gasteiger partial charge in [-0.15, -0.1) is 18.2 Å². The highest BCUT2D eigenvalue weighted by Gasteiger charge is 2.08. The Labute approximate surface area is 166 Å². The Morgan fingerprint density at radius 2 is 2.07 bits per heavy atom. The number of carbonyl (C=O) groups excluding carboxylic acids is 1. The Hall–Kier alpha value is -2.49. The molecule has 0 saturated carbocycles. The second-order valence-electron chi connectivity index (χ2n) is 5.93. The number of benzene rings is 2. The first-order valence-corrected chi connectivity index (χ1v) is 10.3. The topological polar surface area (TPSA) is 43.6 Å². The van der Waals surface area contributed by atoms with Crippen LogP contribution in [-0.2, 0) is 11.3 Å². The number of methoxy groups -OCH3 is 1. The van der Waals surface area contributed by atoms with Gasteiger partial charge in [0.25, 0.3) is 0 Å². The van der Waals surface area contributed by atoms with Gasteiger partial charge in [-0.2, -0.15) is 4.99 Å². The molecule has 0 aliphatic heterocycles. The van der Waals surface area contributed by atoms with Crippen molar-refractivity contribution in [3.05, 3.63) is 52.8 Å². The van der Waals surface area contributed by atoms with Gasteiger partial charge in [0.05, 0.1) is 23.9 Å². The van der Waals surface area contributed by atoms with Crippen LogP contribution in [0.4, 0.5) is 0 Å². The van der Waals surface area contributed by atoms with E-state index in [9.17, 15) is 4.79 Å². The molecule has 0 aliphatic rings. The minimum atomic E-state index is -0.134. The highest BCUT2D eigenvalue weighted by atomic mass is 32.2. The van der Waals surface area contributed by atoms with Gasteiger partial charge in [0, 0.05) is 17.1 Å². The molecule has 0 bridgehead atoms. The first-order chi connectivity index (χ1) is 13.1. The summed E-state index contributed by atoms with van der Waals surface area (Å²) in [6.45, 7) is 2.44. The third kappa shape index (κ3) is 4.82. The molecule has 4 nitrogen and oxygen atoms in total. The first-order valence-electron chi connectivity index (χ1n) is 8.48. The predicted octanol–water partition coefficient (Wildman–Crippen LogP) is 4.26. The van der Waals surface area contributed by atoms with Crippen molar-refractivity contribution >= 4 is 39.2 Å². The third-order valence-electron chi connectivity index (χ3n) is 3.95. The molecule has 0 radical (unpaired) electrons. The van der Waals surface area contributed by atoms with Gasteiger partial charge in [0.2, 0.25) is 5.91 Å². The lowest BCUT2D eigenvalue weighted by molar-refractivity contribution is -0.117. The predicted molar refractivity (Wildman–Crippen MR) is 112 cm³/mol. The number of ether oxygens (including phenoxy) is 1. The minimum Gasteiger partial charge on any atom is -0.497 e. The monoisotopic (exact) mass is 396 g/mol. The number of carbonyl (C=O) groups is 1. The Kier molecular flexibility index (Phi) is 6.38. The lowest BCUT2D eigenvalue weighted by Gasteiger charge is -2.02. The molecular weight excluding hydrogens is 376 g/mol. The van der Waals surface area contributed by atoms with Gasteiger partial charge in [-0.1, -0.05) is 23.3 Å². The normalized spacial score (nSPS) is 11.5. The number of aryl methyl sites for hydroxylation is 1. The molecule has 3 rings (SSSR count). The zero-order valence-corrected chi connectivity index (χ0v) is 16.9. The van der Waals surface area contributed by atoms with Crippen molar-refractivity contribution < 1.29 is 9.53 Å². The van der Waals surface area contributed by atoms with Crippen LogP contribution < -0.4 is 9.54 Å². The second kappa shape index (κ2) is 8.94. The fourth-order valence-corrected chi connectivity index (χ4v) is 4.59. The van der Waals surface area contributed by atoms with Crippen molar-refractivity contribution in [2.75, 3.05) is 12.9 Å². The number of hydrogen-bond donors (Lipinski definition) is 0. The van der Waals surface area contributed by atoms with Crippen LogP contribution in [0.5, 0.6) is 5.75 Å². The summed E-state index contributed by atoms with van der Waals surface area (Å²) >= 11 is 3.13. The lowest BCUT2D eigenvalue weighted by atomic mass is 10.2. The SMILES string of the molecule is C#CCn1c(=NC(=O)CCSc2ccc(OC)cc2)sc2cc(C)ccc21. The summed E-state index contributed by atoms with van der Waals surface area (Å²) in [5, 5.41) is 0. The maximum Gasteiger partial charge on any atom is 0.249 e. The molecule has 0 saturated heterocycles. The standard InChI is InChI=1S/C21H20N2O2S2/c1-4-12-23-18-10-5-15(2)14-19(18)27-21(23)22-20(24)11-13-26-17-8-6-16(25-3)7-9-17/h1,5-10,14H,11-13H2,2-3H3. The Morgan fingerprint density at radius 3 is 2.78 bits per heavy atom. The molecule has 2 aromatic carbocycles. The van der Waals surface area contributed by atoms with Crippen LogP contribution in [0.1, 0.15) is 12.0 Å². The highest BCUT2D eigenvalue weighted by Crippen LogP contribution is 2.22. The third-order valence-corrected chi connectivity index (χ3v) is 6.01.